The van der Waals surface area contributed by atoms with Gasteiger partial charge in [-0.15, -0.1) is 0 Å². The van der Waals surface area contributed by atoms with E-state index in [1.54, 1.807) is 0 Å². The van der Waals surface area contributed by atoms with E-state index in [2.05, 4.69) is 66.5 Å². The number of nitrogens with one attached hydrogen (secondary N) is 1. The lowest BCUT2D eigenvalue weighted by Crippen LogP contribution is -2.41. The van der Waals surface area contributed by atoms with Gasteiger partial charge in [-0.05, 0) is 93.3 Å². The number of likely N-dealkylation sites (tertiary alicyclic amines) is 1. The molecule has 1 amide bonds. The van der Waals surface area contributed by atoms with Crippen LogP contribution in [-0.4, -0.2) is 23.9 Å². The Morgan fingerprint density at radius 2 is 1.79 bits per heavy atom. The first-order chi connectivity index (χ1) is 14.1. The highest BCUT2D eigenvalue weighted by Crippen LogP contribution is 2.26. The van der Waals surface area contributed by atoms with Crippen LogP contribution in [-0.2, 0) is 24.2 Å². The van der Waals surface area contributed by atoms with E-state index in [0.717, 1.165) is 32.5 Å². The molecule has 3 nitrogen and oxygen atoms in total. The van der Waals surface area contributed by atoms with Crippen LogP contribution in [0.1, 0.15) is 66.5 Å². The van der Waals surface area contributed by atoms with Crippen molar-refractivity contribution in [2.75, 3.05) is 13.1 Å². The number of amides is 1. The quantitative estimate of drug-likeness (QED) is 0.782. The smallest absolute Gasteiger partial charge is 0.223 e. The van der Waals surface area contributed by atoms with Gasteiger partial charge in [0.25, 0.3) is 0 Å². The van der Waals surface area contributed by atoms with Crippen LogP contribution in [0.4, 0.5) is 0 Å². The van der Waals surface area contributed by atoms with Crippen molar-refractivity contribution in [1.82, 2.24) is 10.2 Å². The predicted octanol–water partition coefficient (Wildman–Crippen LogP) is 4.96. The number of rotatable bonds is 5. The Balaban J connectivity index is 1.29. The van der Waals surface area contributed by atoms with E-state index in [-0.39, 0.29) is 17.9 Å². The van der Waals surface area contributed by atoms with Crippen LogP contribution >= 0.6 is 0 Å². The number of fused-ring (bicyclic) bond motifs is 1. The molecule has 1 heterocycles. The molecule has 0 saturated carbocycles. The van der Waals surface area contributed by atoms with Crippen LogP contribution < -0.4 is 5.32 Å². The third-order valence-electron chi connectivity index (χ3n) is 6.84. The van der Waals surface area contributed by atoms with Crippen molar-refractivity contribution in [2.24, 2.45) is 5.92 Å². The number of hydrogen-bond donors (Lipinski definition) is 1. The topological polar surface area (TPSA) is 32.3 Å². The Morgan fingerprint density at radius 3 is 2.55 bits per heavy atom. The van der Waals surface area contributed by atoms with Gasteiger partial charge in [-0.3, -0.25) is 9.69 Å². The van der Waals surface area contributed by atoms with Gasteiger partial charge in [0.15, 0.2) is 0 Å². The molecule has 29 heavy (non-hydrogen) atoms. The molecular weight excluding hydrogens is 356 g/mol. The Labute approximate surface area is 175 Å². The maximum Gasteiger partial charge on any atom is 0.223 e. The van der Waals surface area contributed by atoms with Crippen molar-refractivity contribution >= 4 is 5.91 Å². The van der Waals surface area contributed by atoms with Gasteiger partial charge >= 0.3 is 0 Å². The van der Waals surface area contributed by atoms with Crippen LogP contribution in [0, 0.1) is 12.8 Å². The van der Waals surface area contributed by atoms with Crippen molar-refractivity contribution < 1.29 is 4.79 Å². The van der Waals surface area contributed by atoms with Crippen LogP contribution in [0.25, 0.3) is 0 Å². The summed E-state index contributed by atoms with van der Waals surface area (Å²) < 4.78 is 0. The number of carbonyl (C=O) groups is 1. The predicted molar refractivity (Wildman–Crippen MR) is 119 cm³/mol. The Bertz CT molecular complexity index is 852. The van der Waals surface area contributed by atoms with Gasteiger partial charge < -0.3 is 5.32 Å². The van der Waals surface area contributed by atoms with E-state index in [4.69, 9.17) is 0 Å². The van der Waals surface area contributed by atoms with Gasteiger partial charge in [0, 0.05) is 12.5 Å². The van der Waals surface area contributed by atoms with Gasteiger partial charge in [0.1, 0.15) is 0 Å². The summed E-state index contributed by atoms with van der Waals surface area (Å²) in [6.07, 6.45) is 6.89. The zero-order valence-corrected chi connectivity index (χ0v) is 17.9. The maximum absolute atomic E-state index is 12.9. The highest BCUT2D eigenvalue weighted by Gasteiger charge is 2.26. The van der Waals surface area contributed by atoms with Gasteiger partial charge in [-0.1, -0.05) is 42.5 Å². The second-order valence-electron chi connectivity index (χ2n) is 8.94. The van der Waals surface area contributed by atoms with Crippen LogP contribution in [0.15, 0.2) is 42.5 Å². The number of nitrogens with zero attached hydrogens (tertiary/aromatic N) is 1. The molecule has 1 aliphatic heterocycles. The fraction of sp³-hybridized carbons (Fsp3) is 0.500. The second kappa shape index (κ2) is 9.13. The molecule has 2 aromatic carbocycles. The lowest BCUT2D eigenvalue weighted by atomic mass is 9.89. The molecule has 154 valence electrons. The molecule has 0 aromatic heterocycles. The molecule has 2 aromatic rings. The number of hydrogen-bond acceptors (Lipinski definition) is 2. The largest absolute Gasteiger partial charge is 0.349 e. The van der Waals surface area contributed by atoms with Crippen LogP contribution in [0.5, 0.6) is 0 Å². The first kappa shape index (κ1) is 20.2. The van der Waals surface area contributed by atoms with Crippen molar-refractivity contribution in [2.45, 2.75) is 65.0 Å². The average molecular weight is 391 g/mol. The van der Waals surface area contributed by atoms with Crippen LogP contribution in [0.2, 0.25) is 0 Å². The second-order valence-corrected chi connectivity index (χ2v) is 8.94. The summed E-state index contributed by atoms with van der Waals surface area (Å²) in [5.41, 5.74) is 6.98. The molecule has 1 N–H and O–H groups in total. The third-order valence-corrected chi connectivity index (χ3v) is 6.84. The lowest BCUT2D eigenvalue weighted by Gasteiger charge is -2.32. The summed E-state index contributed by atoms with van der Waals surface area (Å²) in [4.78, 5) is 15.3. The molecule has 1 aliphatic carbocycles. The van der Waals surface area contributed by atoms with Crippen molar-refractivity contribution in [1.29, 1.82) is 0 Å². The molecule has 3 heteroatoms. The minimum absolute atomic E-state index is 0.0831. The highest BCUT2D eigenvalue weighted by molar-refractivity contribution is 5.79. The number of carbonyl (C=O) groups excluding carboxylic acids is 1. The molecule has 0 radical (unpaired) electrons. The Kier molecular flexibility index (Phi) is 6.34. The maximum atomic E-state index is 12.9. The average Bonchev–Trinajstić information content (AvgIpc) is 2.75. The van der Waals surface area contributed by atoms with E-state index in [9.17, 15) is 4.79 Å². The number of benzene rings is 2. The first-order valence-electron chi connectivity index (χ1n) is 11.3. The summed E-state index contributed by atoms with van der Waals surface area (Å²) in [6.45, 7) is 7.29. The number of aryl methyl sites for hydroxylation is 3. The first-order valence-corrected chi connectivity index (χ1v) is 11.3. The molecule has 2 aliphatic rings. The van der Waals surface area contributed by atoms with E-state index in [1.807, 2.05) is 0 Å². The highest BCUT2D eigenvalue weighted by atomic mass is 16.1. The van der Waals surface area contributed by atoms with E-state index in [1.165, 1.54) is 53.5 Å². The zero-order chi connectivity index (χ0) is 20.2. The van der Waals surface area contributed by atoms with E-state index in [0.29, 0.717) is 0 Å². The molecule has 1 fully saturated rings. The monoisotopic (exact) mass is 390 g/mol. The van der Waals surface area contributed by atoms with E-state index >= 15 is 0 Å². The zero-order valence-electron chi connectivity index (χ0n) is 17.9. The summed E-state index contributed by atoms with van der Waals surface area (Å²) in [5, 5.41) is 3.29. The summed E-state index contributed by atoms with van der Waals surface area (Å²) in [5.74, 6) is 0.369. The van der Waals surface area contributed by atoms with Crippen LogP contribution in [0.3, 0.4) is 0 Å². The standard InChI is InChI=1S/C26H34N2O/c1-19-7-3-4-10-25(19)18-28-15-13-22(14-16-28)26(29)27-20(2)23-12-11-21-8-5-6-9-24(21)17-23/h3-4,7,10-12,17,20,22H,5-6,8-9,13-16,18H2,1-2H3,(H,27,29)/t20-/m0/s1. The molecule has 1 saturated heterocycles. The minimum Gasteiger partial charge on any atom is -0.349 e. The molecule has 0 spiro atoms. The van der Waals surface area contributed by atoms with Gasteiger partial charge in [-0.2, -0.15) is 0 Å². The van der Waals surface area contributed by atoms with Crippen molar-refractivity contribution in [3.05, 3.63) is 70.3 Å². The van der Waals surface area contributed by atoms with Crippen molar-refractivity contribution in [3.8, 4) is 0 Å². The van der Waals surface area contributed by atoms with Gasteiger partial charge in [0.05, 0.1) is 6.04 Å². The summed E-state index contributed by atoms with van der Waals surface area (Å²) in [6, 6.07) is 15.5. The summed E-state index contributed by atoms with van der Waals surface area (Å²) in [7, 11) is 0. The van der Waals surface area contributed by atoms with Crippen molar-refractivity contribution in [3.63, 3.8) is 0 Å². The fourth-order valence-electron chi connectivity index (χ4n) is 4.82. The lowest BCUT2D eigenvalue weighted by molar-refractivity contribution is -0.127. The normalized spacial score (nSPS) is 18.8. The number of piperidine rings is 1. The van der Waals surface area contributed by atoms with E-state index < -0.39 is 0 Å². The molecule has 0 bridgehead atoms. The third kappa shape index (κ3) is 4.90. The Hall–Kier alpha value is -2.13. The SMILES string of the molecule is Cc1ccccc1CN1CCC(C(=O)N[C@@H](C)c2ccc3c(c2)CCCC3)CC1. The van der Waals surface area contributed by atoms with Gasteiger partial charge in [-0.25, -0.2) is 0 Å². The molecular formula is C26H34N2O. The fourth-order valence-corrected chi connectivity index (χ4v) is 4.82. The summed E-state index contributed by atoms with van der Waals surface area (Å²) >= 11 is 0. The molecule has 0 unspecified atom stereocenters. The molecule has 1 atom stereocenters. The van der Waals surface area contributed by atoms with Gasteiger partial charge in [0.2, 0.25) is 5.91 Å². The minimum atomic E-state index is 0.0831. The Morgan fingerprint density at radius 1 is 1.07 bits per heavy atom. The molecule has 4 rings (SSSR count).